The standard InChI is InChI=1S/C72H55NS/c1-44-37-47(48-34-36-68-66(40-48)67-42-64-59-28-14-11-25-56(59)57-26-12-15-29-60(57)65(64)43-69(67)72(68,4)5)20-18-31-70(44)73(45(2)38-62-46(3)74-71-32-17-16-30-61(62)71)51-35-33-50-39-49-19-6-7-21-52(49)53-22-8-9-23-54(53)55-24-10-13-27-58(55)63(50)41-51/h6-19,21-38,40-43H,20,39H2,1-5H3/b45-38+. The number of fused-ring (bicyclic) bond motifs is 17. The van der Waals surface area contributed by atoms with Crippen LogP contribution in [0.2, 0.25) is 0 Å². The van der Waals surface area contributed by atoms with Crippen LogP contribution in [0.15, 0.2) is 229 Å². The lowest BCUT2D eigenvalue weighted by Crippen LogP contribution is -2.20. The molecule has 14 rings (SSSR count). The summed E-state index contributed by atoms with van der Waals surface area (Å²) in [5.74, 6) is 0. The molecular formula is C72H55NS. The highest BCUT2D eigenvalue weighted by molar-refractivity contribution is 7.19. The second-order valence-electron chi connectivity index (χ2n) is 21.2. The zero-order valence-electron chi connectivity index (χ0n) is 42.6. The fourth-order valence-electron chi connectivity index (χ4n) is 13.0. The van der Waals surface area contributed by atoms with Crippen molar-refractivity contribution in [1.82, 2.24) is 0 Å². The lowest BCUT2D eigenvalue weighted by atomic mass is 9.81. The van der Waals surface area contributed by atoms with Crippen molar-refractivity contribution in [1.29, 1.82) is 0 Å². The van der Waals surface area contributed by atoms with Crippen LogP contribution >= 0.6 is 11.3 Å². The third-order valence-corrected chi connectivity index (χ3v) is 17.7. The van der Waals surface area contributed by atoms with E-state index in [9.17, 15) is 0 Å². The molecule has 2 heteroatoms. The molecule has 0 fully saturated rings. The molecule has 3 aliphatic carbocycles. The molecule has 1 heterocycles. The summed E-state index contributed by atoms with van der Waals surface area (Å²) < 4.78 is 1.32. The summed E-state index contributed by atoms with van der Waals surface area (Å²) in [6.45, 7) is 11.7. The number of anilines is 1. The number of thiophene rings is 1. The molecule has 354 valence electrons. The number of benzene rings is 10. The van der Waals surface area contributed by atoms with Crippen molar-refractivity contribution in [2.45, 2.75) is 52.9 Å². The molecule has 1 nitrogen and oxygen atoms in total. The van der Waals surface area contributed by atoms with Crippen LogP contribution in [0.4, 0.5) is 5.69 Å². The molecule has 0 amide bonds. The van der Waals surface area contributed by atoms with Crippen molar-refractivity contribution in [3.63, 3.8) is 0 Å². The Morgan fingerprint density at radius 3 is 1.76 bits per heavy atom. The first-order valence-corrected chi connectivity index (χ1v) is 27.0. The van der Waals surface area contributed by atoms with Crippen LogP contribution in [0.1, 0.15) is 72.4 Å². The number of nitrogens with zero attached hydrogens (tertiary/aromatic N) is 1. The van der Waals surface area contributed by atoms with E-state index in [2.05, 4.69) is 258 Å². The van der Waals surface area contributed by atoms with Gasteiger partial charge in [-0.1, -0.05) is 184 Å². The molecule has 0 saturated carbocycles. The van der Waals surface area contributed by atoms with Crippen LogP contribution in [0.3, 0.4) is 0 Å². The summed E-state index contributed by atoms with van der Waals surface area (Å²) in [6.07, 6.45) is 11.3. The Hall–Kier alpha value is -8.30. The van der Waals surface area contributed by atoms with Crippen molar-refractivity contribution in [2.24, 2.45) is 0 Å². The van der Waals surface area contributed by atoms with Gasteiger partial charge in [0, 0.05) is 37.5 Å². The second kappa shape index (κ2) is 17.2. The minimum atomic E-state index is -0.138. The zero-order chi connectivity index (χ0) is 49.8. The van der Waals surface area contributed by atoms with Gasteiger partial charge in [-0.25, -0.2) is 0 Å². The van der Waals surface area contributed by atoms with Crippen LogP contribution in [0.5, 0.6) is 0 Å². The normalized spacial score (nSPS) is 14.6. The first-order valence-electron chi connectivity index (χ1n) is 26.2. The molecule has 0 N–H and O–H groups in total. The van der Waals surface area contributed by atoms with Crippen LogP contribution in [-0.4, -0.2) is 0 Å². The van der Waals surface area contributed by atoms with Gasteiger partial charge in [0.05, 0.1) is 0 Å². The Bertz CT molecular complexity index is 4320. The summed E-state index contributed by atoms with van der Waals surface area (Å²) in [5.41, 5.74) is 24.2. The molecule has 1 aromatic heterocycles. The zero-order valence-corrected chi connectivity index (χ0v) is 43.4. The average molecular weight is 966 g/mol. The first-order chi connectivity index (χ1) is 36.2. The number of rotatable bonds is 5. The van der Waals surface area contributed by atoms with Crippen molar-refractivity contribution < 1.29 is 0 Å². The van der Waals surface area contributed by atoms with E-state index in [0.29, 0.717) is 0 Å². The van der Waals surface area contributed by atoms with Crippen molar-refractivity contribution in [3.05, 3.63) is 268 Å². The first kappa shape index (κ1) is 44.4. The Morgan fingerprint density at radius 2 is 1.05 bits per heavy atom. The molecule has 3 aliphatic rings. The van der Waals surface area contributed by atoms with Crippen LogP contribution in [0.25, 0.3) is 98.6 Å². The van der Waals surface area contributed by atoms with E-state index in [1.165, 1.54) is 148 Å². The van der Waals surface area contributed by atoms with Crippen molar-refractivity contribution in [3.8, 4) is 44.5 Å². The number of allylic oxidation sites excluding steroid dienone is 6. The van der Waals surface area contributed by atoms with Gasteiger partial charge in [-0.15, -0.1) is 11.3 Å². The highest BCUT2D eigenvalue weighted by Crippen LogP contribution is 2.53. The summed E-state index contributed by atoms with van der Waals surface area (Å²) >= 11 is 1.88. The molecule has 0 bridgehead atoms. The van der Waals surface area contributed by atoms with Gasteiger partial charge in [0.25, 0.3) is 0 Å². The summed E-state index contributed by atoms with van der Waals surface area (Å²) in [6, 6.07) is 73.2. The van der Waals surface area contributed by atoms with Gasteiger partial charge in [-0.2, -0.15) is 0 Å². The van der Waals surface area contributed by atoms with Gasteiger partial charge >= 0.3 is 0 Å². The maximum absolute atomic E-state index is 2.52. The van der Waals surface area contributed by atoms with Gasteiger partial charge in [0.1, 0.15) is 0 Å². The van der Waals surface area contributed by atoms with Gasteiger partial charge in [-0.3, -0.25) is 0 Å². The minimum Gasteiger partial charge on any atom is -0.314 e. The SMILES string of the molecule is CC1=C(N(/C(C)=C/c2c(C)sc3ccccc23)c2ccc3c(c2)-c2ccccc2-c2ccccc2-c2ccccc2C3)C=CCC(c2ccc3c(c2)-c2cc4c5ccccc5c5ccccc5c4cc2C3(C)C)=C1. The minimum absolute atomic E-state index is 0.138. The van der Waals surface area contributed by atoms with E-state index in [-0.39, 0.29) is 5.41 Å². The third-order valence-electron chi connectivity index (χ3n) is 16.6. The summed E-state index contributed by atoms with van der Waals surface area (Å²) in [4.78, 5) is 3.85. The van der Waals surface area contributed by atoms with E-state index >= 15 is 0 Å². The maximum Gasteiger partial charge on any atom is 0.0484 e. The second-order valence-corrected chi connectivity index (χ2v) is 22.5. The fourth-order valence-corrected chi connectivity index (χ4v) is 14.0. The quantitative estimate of drug-likeness (QED) is 0.155. The highest BCUT2D eigenvalue weighted by Gasteiger charge is 2.36. The molecule has 0 saturated heterocycles. The lowest BCUT2D eigenvalue weighted by Gasteiger charge is -2.29. The highest BCUT2D eigenvalue weighted by atomic mass is 32.1. The van der Waals surface area contributed by atoms with Crippen LogP contribution in [0, 0.1) is 6.92 Å². The lowest BCUT2D eigenvalue weighted by molar-refractivity contribution is 0.661. The topological polar surface area (TPSA) is 3.24 Å². The van der Waals surface area contributed by atoms with E-state index < -0.39 is 0 Å². The Morgan fingerprint density at radius 1 is 0.500 bits per heavy atom. The van der Waals surface area contributed by atoms with E-state index in [1.54, 1.807) is 0 Å². The van der Waals surface area contributed by atoms with Gasteiger partial charge in [0.15, 0.2) is 0 Å². The molecule has 10 aromatic carbocycles. The van der Waals surface area contributed by atoms with E-state index in [4.69, 9.17) is 0 Å². The van der Waals surface area contributed by atoms with Crippen molar-refractivity contribution in [2.75, 3.05) is 4.90 Å². The number of hydrogen-bond acceptors (Lipinski definition) is 2. The van der Waals surface area contributed by atoms with E-state index in [1.807, 2.05) is 11.3 Å². The van der Waals surface area contributed by atoms with Gasteiger partial charge in [-0.05, 0) is 204 Å². The predicted octanol–water partition coefficient (Wildman–Crippen LogP) is 20.1. The van der Waals surface area contributed by atoms with Gasteiger partial charge in [0.2, 0.25) is 0 Å². The summed E-state index contributed by atoms with van der Waals surface area (Å²) in [7, 11) is 0. The molecule has 0 unspecified atom stereocenters. The molecule has 0 radical (unpaired) electrons. The molecule has 74 heavy (non-hydrogen) atoms. The van der Waals surface area contributed by atoms with Crippen molar-refractivity contribution >= 4 is 71.1 Å². The smallest absolute Gasteiger partial charge is 0.0484 e. The molecule has 11 aromatic rings. The Kier molecular flexibility index (Phi) is 10.3. The van der Waals surface area contributed by atoms with Crippen LogP contribution < -0.4 is 4.90 Å². The molecular weight excluding hydrogens is 911 g/mol. The molecule has 0 aliphatic heterocycles. The average Bonchev–Trinajstić information content (AvgIpc) is 3.81. The number of aryl methyl sites for hydroxylation is 1. The van der Waals surface area contributed by atoms with Gasteiger partial charge < -0.3 is 4.90 Å². The Balaban J connectivity index is 0.932. The largest absolute Gasteiger partial charge is 0.314 e. The van der Waals surface area contributed by atoms with E-state index in [0.717, 1.165) is 18.5 Å². The predicted molar refractivity (Wildman–Crippen MR) is 319 cm³/mol. The monoisotopic (exact) mass is 965 g/mol. The third kappa shape index (κ3) is 6.96. The number of hydrogen-bond donors (Lipinski definition) is 0. The fraction of sp³-hybridized carbons (Fsp3) is 0.111. The summed E-state index contributed by atoms with van der Waals surface area (Å²) in [5, 5.41) is 9.22. The Labute approximate surface area is 438 Å². The molecule has 0 spiro atoms. The maximum atomic E-state index is 2.52. The molecule has 0 atom stereocenters. The van der Waals surface area contributed by atoms with Crippen LogP contribution in [-0.2, 0) is 11.8 Å².